The molecule has 4 heteroatoms. The van der Waals surface area contributed by atoms with E-state index in [0.29, 0.717) is 18.5 Å². The van der Waals surface area contributed by atoms with Gasteiger partial charge in [0.25, 0.3) is 0 Å². The quantitative estimate of drug-likeness (QED) is 0.909. The highest BCUT2D eigenvalue weighted by Crippen LogP contribution is 2.32. The minimum Gasteiger partial charge on any atom is -0.356 e. The van der Waals surface area contributed by atoms with Gasteiger partial charge in [-0.3, -0.25) is 4.79 Å². The first-order valence-electron chi connectivity index (χ1n) is 7.12. The SMILES string of the molecule is O=C1C=C(Nc2ccc(F)cc2F)CC(c2ccccc2)C1. The molecule has 0 bridgehead atoms. The Balaban J connectivity index is 1.80. The second-order valence-corrected chi connectivity index (χ2v) is 5.40. The molecule has 0 saturated carbocycles. The highest BCUT2D eigenvalue weighted by Gasteiger charge is 2.22. The Morgan fingerprint density at radius 1 is 1.00 bits per heavy atom. The maximum atomic E-state index is 13.7. The Bertz CT molecular complexity index is 725. The van der Waals surface area contributed by atoms with Crippen LogP contribution < -0.4 is 5.32 Å². The summed E-state index contributed by atoms with van der Waals surface area (Å²) in [6.07, 6.45) is 2.57. The van der Waals surface area contributed by atoms with Gasteiger partial charge in [-0.15, -0.1) is 0 Å². The normalized spacial score (nSPS) is 18.0. The third-order valence-corrected chi connectivity index (χ3v) is 3.75. The van der Waals surface area contributed by atoms with Crippen LogP contribution in [-0.4, -0.2) is 5.78 Å². The Hall–Kier alpha value is -2.49. The van der Waals surface area contributed by atoms with Crippen LogP contribution >= 0.6 is 0 Å². The molecule has 1 atom stereocenters. The van der Waals surface area contributed by atoms with Crippen molar-refractivity contribution < 1.29 is 13.6 Å². The zero-order chi connectivity index (χ0) is 15.5. The second kappa shape index (κ2) is 6.10. The largest absolute Gasteiger partial charge is 0.356 e. The molecule has 0 fully saturated rings. The molecule has 112 valence electrons. The minimum atomic E-state index is -0.671. The lowest BCUT2D eigenvalue weighted by Gasteiger charge is -2.23. The number of benzene rings is 2. The molecule has 1 aliphatic rings. The van der Waals surface area contributed by atoms with Crippen LogP contribution in [0.1, 0.15) is 24.3 Å². The number of carbonyl (C=O) groups excluding carboxylic acids is 1. The van der Waals surface area contributed by atoms with Crippen LogP contribution in [0.3, 0.4) is 0 Å². The van der Waals surface area contributed by atoms with Crippen molar-refractivity contribution in [2.45, 2.75) is 18.8 Å². The van der Waals surface area contributed by atoms with Gasteiger partial charge in [0.2, 0.25) is 0 Å². The molecule has 0 amide bonds. The van der Waals surface area contributed by atoms with E-state index in [9.17, 15) is 13.6 Å². The third-order valence-electron chi connectivity index (χ3n) is 3.75. The van der Waals surface area contributed by atoms with E-state index >= 15 is 0 Å². The van der Waals surface area contributed by atoms with Gasteiger partial charge in [0, 0.05) is 24.3 Å². The summed E-state index contributed by atoms with van der Waals surface area (Å²) in [6, 6.07) is 13.1. The molecule has 2 nitrogen and oxygen atoms in total. The number of hydrogen-bond acceptors (Lipinski definition) is 2. The van der Waals surface area contributed by atoms with Crippen LogP contribution in [0.25, 0.3) is 0 Å². The molecule has 2 aromatic carbocycles. The van der Waals surface area contributed by atoms with E-state index in [2.05, 4.69) is 5.32 Å². The van der Waals surface area contributed by atoms with E-state index in [0.717, 1.165) is 11.6 Å². The van der Waals surface area contributed by atoms with E-state index in [1.54, 1.807) is 0 Å². The minimum absolute atomic E-state index is 0.00474. The van der Waals surface area contributed by atoms with Crippen molar-refractivity contribution in [3.8, 4) is 0 Å². The summed E-state index contributed by atoms with van der Waals surface area (Å²) >= 11 is 0. The lowest BCUT2D eigenvalue weighted by Crippen LogP contribution is -2.17. The standard InChI is InChI=1S/C18H15F2NO/c19-14-6-7-18(17(20)10-14)21-15-8-13(9-16(22)11-15)12-4-2-1-3-5-12/h1-7,10-11,13,21H,8-9H2. The first-order chi connectivity index (χ1) is 10.6. The molecule has 0 radical (unpaired) electrons. The van der Waals surface area contributed by atoms with Crippen molar-refractivity contribution in [1.29, 1.82) is 0 Å². The van der Waals surface area contributed by atoms with Gasteiger partial charge >= 0.3 is 0 Å². The van der Waals surface area contributed by atoms with Crippen molar-refractivity contribution in [3.05, 3.63) is 77.5 Å². The fourth-order valence-corrected chi connectivity index (χ4v) is 2.70. The fraction of sp³-hybridized carbons (Fsp3) is 0.167. The number of halogens is 2. The predicted octanol–water partition coefficient (Wildman–Crippen LogP) is 4.41. The van der Waals surface area contributed by atoms with Gasteiger partial charge < -0.3 is 5.32 Å². The van der Waals surface area contributed by atoms with Gasteiger partial charge in [0.15, 0.2) is 5.78 Å². The van der Waals surface area contributed by atoms with Crippen molar-refractivity contribution in [2.24, 2.45) is 0 Å². The lowest BCUT2D eigenvalue weighted by molar-refractivity contribution is -0.115. The van der Waals surface area contributed by atoms with Gasteiger partial charge in [-0.1, -0.05) is 30.3 Å². The van der Waals surface area contributed by atoms with E-state index in [1.807, 2.05) is 30.3 Å². The maximum absolute atomic E-state index is 13.7. The molecule has 0 aromatic heterocycles. The van der Waals surface area contributed by atoms with Crippen molar-refractivity contribution in [3.63, 3.8) is 0 Å². The van der Waals surface area contributed by atoms with Crippen LogP contribution in [0.2, 0.25) is 0 Å². The van der Waals surface area contributed by atoms with Gasteiger partial charge in [-0.2, -0.15) is 0 Å². The summed E-state index contributed by atoms with van der Waals surface area (Å²) in [4.78, 5) is 11.9. The number of rotatable bonds is 3. The van der Waals surface area contributed by atoms with Gasteiger partial charge in [-0.05, 0) is 30.0 Å². The molecule has 0 heterocycles. The Morgan fingerprint density at radius 3 is 2.50 bits per heavy atom. The molecule has 1 aliphatic carbocycles. The summed E-state index contributed by atoms with van der Waals surface area (Å²) in [5, 5.41) is 2.91. The number of hydrogen-bond donors (Lipinski definition) is 1. The van der Waals surface area contributed by atoms with E-state index in [1.165, 1.54) is 18.2 Å². The second-order valence-electron chi connectivity index (χ2n) is 5.40. The number of allylic oxidation sites excluding steroid dienone is 2. The van der Waals surface area contributed by atoms with Crippen LogP contribution in [0.15, 0.2) is 60.3 Å². The van der Waals surface area contributed by atoms with E-state index < -0.39 is 11.6 Å². The Morgan fingerprint density at radius 2 is 1.77 bits per heavy atom. The molecule has 1 unspecified atom stereocenters. The van der Waals surface area contributed by atoms with Gasteiger partial charge in [-0.25, -0.2) is 8.78 Å². The monoisotopic (exact) mass is 299 g/mol. The Labute approximate surface area is 127 Å². The molecule has 22 heavy (non-hydrogen) atoms. The molecule has 3 rings (SSSR count). The zero-order valence-corrected chi connectivity index (χ0v) is 11.9. The molecular weight excluding hydrogens is 284 g/mol. The number of nitrogens with one attached hydrogen (secondary N) is 1. The summed E-state index contributed by atoms with van der Waals surface area (Å²) in [5.74, 6) is -1.22. The highest BCUT2D eigenvalue weighted by molar-refractivity contribution is 5.92. The molecule has 2 aromatic rings. The van der Waals surface area contributed by atoms with Gasteiger partial charge in [0.05, 0.1) is 5.69 Å². The smallest absolute Gasteiger partial charge is 0.158 e. The van der Waals surface area contributed by atoms with Crippen LogP contribution in [0, 0.1) is 11.6 Å². The van der Waals surface area contributed by atoms with Gasteiger partial charge in [0.1, 0.15) is 11.6 Å². The number of ketones is 1. The first kappa shape index (κ1) is 14.4. The maximum Gasteiger partial charge on any atom is 0.158 e. The van der Waals surface area contributed by atoms with Crippen molar-refractivity contribution >= 4 is 11.5 Å². The summed E-state index contributed by atoms with van der Waals surface area (Å²) in [6.45, 7) is 0. The fourth-order valence-electron chi connectivity index (χ4n) is 2.70. The highest BCUT2D eigenvalue weighted by atomic mass is 19.1. The molecular formula is C18H15F2NO. The van der Waals surface area contributed by atoms with Crippen molar-refractivity contribution in [1.82, 2.24) is 0 Å². The van der Waals surface area contributed by atoms with E-state index in [-0.39, 0.29) is 17.4 Å². The Kier molecular flexibility index (Phi) is 4.00. The van der Waals surface area contributed by atoms with Crippen LogP contribution in [0.4, 0.5) is 14.5 Å². The molecule has 0 spiro atoms. The molecule has 0 aliphatic heterocycles. The van der Waals surface area contributed by atoms with E-state index in [4.69, 9.17) is 0 Å². The van der Waals surface area contributed by atoms with Crippen molar-refractivity contribution in [2.75, 3.05) is 5.32 Å². The number of anilines is 1. The summed E-state index contributed by atoms with van der Waals surface area (Å²) < 4.78 is 26.6. The summed E-state index contributed by atoms with van der Waals surface area (Å²) in [7, 11) is 0. The molecule has 1 N–H and O–H groups in total. The average Bonchev–Trinajstić information content (AvgIpc) is 2.50. The topological polar surface area (TPSA) is 29.1 Å². The predicted molar refractivity (Wildman–Crippen MR) is 81.5 cm³/mol. The third kappa shape index (κ3) is 3.22. The van der Waals surface area contributed by atoms with Crippen LogP contribution in [-0.2, 0) is 4.79 Å². The van der Waals surface area contributed by atoms with Crippen LogP contribution in [0.5, 0.6) is 0 Å². The zero-order valence-electron chi connectivity index (χ0n) is 11.9. The lowest BCUT2D eigenvalue weighted by atomic mass is 9.85. The summed E-state index contributed by atoms with van der Waals surface area (Å²) in [5.41, 5.74) is 1.91. The average molecular weight is 299 g/mol. The molecule has 0 saturated heterocycles. The number of carbonyl (C=O) groups is 1. The first-order valence-corrected chi connectivity index (χ1v) is 7.12.